The van der Waals surface area contributed by atoms with E-state index in [0.717, 1.165) is 17.7 Å². The van der Waals surface area contributed by atoms with Gasteiger partial charge in [-0.15, -0.1) is 0 Å². The quantitative estimate of drug-likeness (QED) is 0.677. The number of hydrogen-bond donors (Lipinski definition) is 1. The molecule has 4 nitrogen and oxygen atoms in total. The molecule has 1 aromatic carbocycles. The van der Waals surface area contributed by atoms with E-state index >= 15 is 0 Å². The van der Waals surface area contributed by atoms with Gasteiger partial charge in [-0.3, -0.25) is 4.79 Å². The van der Waals surface area contributed by atoms with E-state index < -0.39 is 5.91 Å². The summed E-state index contributed by atoms with van der Waals surface area (Å²) in [6, 6.07) is 15.3. The highest BCUT2D eigenvalue weighted by Gasteiger charge is 2.36. The number of furan rings is 1. The normalized spacial score (nSPS) is 19.9. The van der Waals surface area contributed by atoms with Gasteiger partial charge in [-0.25, -0.2) is 0 Å². The minimum absolute atomic E-state index is 0.0469. The molecule has 0 radical (unpaired) electrons. The highest BCUT2D eigenvalue weighted by atomic mass is 16.3. The largest absolute Gasteiger partial charge is 0.461 e. The Balaban J connectivity index is 1.65. The molecule has 0 unspecified atom stereocenters. The first-order chi connectivity index (χ1) is 11.2. The van der Waals surface area contributed by atoms with Crippen LogP contribution in [0.5, 0.6) is 0 Å². The maximum Gasteiger partial charge on any atom is 0.262 e. The third kappa shape index (κ3) is 3.70. The third-order valence-corrected chi connectivity index (χ3v) is 4.07. The van der Waals surface area contributed by atoms with Gasteiger partial charge in [-0.05, 0) is 30.0 Å². The summed E-state index contributed by atoms with van der Waals surface area (Å²) in [6.45, 7) is 2.57. The van der Waals surface area contributed by atoms with Gasteiger partial charge >= 0.3 is 0 Å². The lowest BCUT2D eigenvalue weighted by Gasteiger charge is -2.03. The summed E-state index contributed by atoms with van der Waals surface area (Å²) in [6.07, 6.45) is 2.64. The second kappa shape index (κ2) is 6.53. The zero-order chi connectivity index (χ0) is 16.2. The Hall–Kier alpha value is -2.80. The van der Waals surface area contributed by atoms with Crippen molar-refractivity contribution in [2.75, 3.05) is 0 Å². The highest BCUT2D eigenvalue weighted by Crippen LogP contribution is 2.47. The van der Waals surface area contributed by atoms with Crippen molar-refractivity contribution in [1.29, 1.82) is 5.26 Å². The Bertz CT molecular complexity index is 768. The van der Waals surface area contributed by atoms with Gasteiger partial charge < -0.3 is 9.73 Å². The zero-order valence-corrected chi connectivity index (χ0v) is 13.0. The highest BCUT2D eigenvalue weighted by molar-refractivity contribution is 6.01. The van der Waals surface area contributed by atoms with Crippen molar-refractivity contribution >= 4 is 12.0 Å². The topological polar surface area (TPSA) is 66.0 Å². The zero-order valence-electron chi connectivity index (χ0n) is 13.0. The summed E-state index contributed by atoms with van der Waals surface area (Å²) >= 11 is 0. The number of nitriles is 1. The van der Waals surface area contributed by atoms with E-state index in [0.29, 0.717) is 24.1 Å². The third-order valence-electron chi connectivity index (χ3n) is 4.07. The fraction of sp³-hybridized carbons (Fsp3) is 0.263. The first-order valence-corrected chi connectivity index (χ1v) is 7.71. The van der Waals surface area contributed by atoms with Gasteiger partial charge in [0.2, 0.25) is 0 Å². The van der Waals surface area contributed by atoms with E-state index in [4.69, 9.17) is 4.42 Å². The molecular weight excluding hydrogens is 288 g/mol. The Morgan fingerprint density at radius 3 is 2.74 bits per heavy atom. The Kier molecular flexibility index (Phi) is 4.29. The number of rotatable bonds is 5. The number of amides is 1. The van der Waals surface area contributed by atoms with Crippen LogP contribution in [0.2, 0.25) is 0 Å². The average Bonchev–Trinajstić information content (AvgIpc) is 3.12. The molecule has 1 fully saturated rings. The van der Waals surface area contributed by atoms with Gasteiger partial charge in [-0.2, -0.15) is 5.26 Å². The van der Waals surface area contributed by atoms with Crippen LogP contribution in [0.3, 0.4) is 0 Å². The minimum Gasteiger partial charge on any atom is -0.461 e. The van der Waals surface area contributed by atoms with E-state index in [1.807, 2.05) is 48.5 Å². The van der Waals surface area contributed by atoms with Gasteiger partial charge in [-0.1, -0.05) is 37.3 Å². The standard InChI is InChI=1S/C19H18N2O2/c1-13-9-17(13)18-8-7-16(23-18)10-15(11-20)19(22)21-12-14-5-3-2-4-6-14/h2-8,10,13,17H,9,12H2,1H3,(H,21,22)/b15-10+/t13-,17+/m1/s1. The predicted octanol–water partition coefficient (Wildman–Crippen LogP) is 3.63. The summed E-state index contributed by atoms with van der Waals surface area (Å²) in [5, 5.41) is 12.0. The second-order valence-corrected chi connectivity index (χ2v) is 5.90. The Morgan fingerprint density at radius 2 is 2.09 bits per heavy atom. The van der Waals surface area contributed by atoms with Crippen LogP contribution in [0.15, 0.2) is 52.5 Å². The van der Waals surface area contributed by atoms with E-state index in [1.54, 1.807) is 0 Å². The fourth-order valence-electron chi connectivity index (χ4n) is 2.53. The summed E-state index contributed by atoms with van der Waals surface area (Å²) in [7, 11) is 0. The molecule has 1 saturated carbocycles. The molecule has 2 atom stereocenters. The molecule has 0 spiro atoms. The van der Waals surface area contributed by atoms with Gasteiger partial charge in [0.05, 0.1) is 0 Å². The van der Waals surface area contributed by atoms with Crippen molar-refractivity contribution in [2.45, 2.75) is 25.8 Å². The SMILES string of the molecule is C[C@@H]1C[C@@H]1c1ccc(/C=C(\C#N)C(=O)NCc2ccccc2)o1. The molecule has 2 aromatic rings. The van der Waals surface area contributed by atoms with Crippen LogP contribution >= 0.6 is 0 Å². The monoisotopic (exact) mass is 306 g/mol. The van der Waals surface area contributed by atoms with Crippen molar-refractivity contribution < 1.29 is 9.21 Å². The summed E-state index contributed by atoms with van der Waals surface area (Å²) in [4.78, 5) is 12.1. The molecule has 23 heavy (non-hydrogen) atoms. The van der Waals surface area contributed by atoms with Crippen LogP contribution in [0.1, 0.15) is 36.3 Å². The number of hydrogen-bond acceptors (Lipinski definition) is 3. The molecule has 0 bridgehead atoms. The van der Waals surface area contributed by atoms with Crippen LogP contribution in [0, 0.1) is 17.2 Å². The molecule has 1 amide bonds. The molecule has 1 aromatic heterocycles. The molecule has 3 rings (SSSR count). The first-order valence-electron chi connectivity index (χ1n) is 7.71. The lowest BCUT2D eigenvalue weighted by molar-refractivity contribution is -0.117. The molecule has 1 heterocycles. The molecule has 116 valence electrons. The Labute approximate surface area is 135 Å². The van der Waals surface area contributed by atoms with Crippen molar-refractivity contribution in [3.63, 3.8) is 0 Å². The van der Waals surface area contributed by atoms with E-state index in [2.05, 4.69) is 12.2 Å². The summed E-state index contributed by atoms with van der Waals surface area (Å²) < 4.78 is 5.72. The van der Waals surface area contributed by atoms with Crippen molar-refractivity contribution in [3.05, 3.63) is 65.1 Å². The van der Waals surface area contributed by atoms with Crippen molar-refractivity contribution in [1.82, 2.24) is 5.32 Å². The average molecular weight is 306 g/mol. The molecule has 1 aliphatic carbocycles. The Morgan fingerprint density at radius 1 is 1.35 bits per heavy atom. The molecule has 0 aliphatic heterocycles. The van der Waals surface area contributed by atoms with Crippen LogP contribution in [-0.4, -0.2) is 5.91 Å². The molecule has 0 saturated heterocycles. The van der Waals surface area contributed by atoms with Crippen LogP contribution in [-0.2, 0) is 11.3 Å². The van der Waals surface area contributed by atoms with Crippen LogP contribution in [0.25, 0.3) is 6.08 Å². The molecule has 1 N–H and O–H groups in total. The maximum absolute atomic E-state index is 12.1. The van der Waals surface area contributed by atoms with Gasteiger partial charge in [0.15, 0.2) is 0 Å². The van der Waals surface area contributed by atoms with E-state index in [-0.39, 0.29) is 5.57 Å². The molecular formula is C19H18N2O2. The van der Waals surface area contributed by atoms with Crippen molar-refractivity contribution in [3.8, 4) is 6.07 Å². The number of benzene rings is 1. The van der Waals surface area contributed by atoms with Crippen LogP contribution in [0.4, 0.5) is 0 Å². The summed E-state index contributed by atoms with van der Waals surface area (Å²) in [5.74, 6) is 2.22. The van der Waals surface area contributed by atoms with Crippen molar-refractivity contribution in [2.24, 2.45) is 5.92 Å². The van der Waals surface area contributed by atoms with Gasteiger partial charge in [0.25, 0.3) is 5.91 Å². The summed E-state index contributed by atoms with van der Waals surface area (Å²) in [5.41, 5.74) is 1.03. The number of carbonyl (C=O) groups is 1. The lowest BCUT2D eigenvalue weighted by Crippen LogP contribution is -2.23. The first kappa shape index (κ1) is 15.1. The number of nitrogens with zero attached hydrogens (tertiary/aromatic N) is 1. The number of carbonyl (C=O) groups excluding carboxylic acids is 1. The van der Waals surface area contributed by atoms with E-state index in [1.165, 1.54) is 6.08 Å². The second-order valence-electron chi connectivity index (χ2n) is 5.90. The number of nitrogens with one attached hydrogen (secondary N) is 1. The van der Waals surface area contributed by atoms with Gasteiger partial charge in [0, 0.05) is 18.5 Å². The smallest absolute Gasteiger partial charge is 0.262 e. The van der Waals surface area contributed by atoms with Gasteiger partial charge in [0.1, 0.15) is 23.2 Å². The molecule has 1 aliphatic rings. The fourth-order valence-corrected chi connectivity index (χ4v) is 2.53. The predicted molar refractivity (Wildman–Crippen MR) is 87.1 cm³/mol. The molecule has 4 heteroatoms. The maximum atomic E-state index is 12.1. The van der Waals surface area contributed by atoms with Crippen LogP contribution < -0.4 is 5.32 Å². The van der Waals surface area contributed by atoms with E-state index in [9.17, 15) is 10.1 Å². The lowest BCUT2D eigenvalue weighted by atomic mass is 10.2. The minimum atomic E-state index is -0.394.